The Morgan fingerprint density at radius 1 is 0.585 bits per heavy atom. The molecule has 0 aromatic rings. The number of phosphoric acid groups is 1. The number of amides is 1. The molecule has 2 N–H and O–H groups in total. The summed E-state index contributed by atoms with van der Waals surface area (Å²) in [6, 6.07) is -0.792. The topological polar surface area (TPSA) is 108 Å². The van der Waals surface area contributed by atoms with Crippen molar-refractivity contribution in [3.63, 3.8) is 0 Å². The van der Waals surface area contributed by atoms with Crippen molar-refractivity contribution in [1.29, 1.82) is 0 Å². The van der Waals surface area contributed by atoms with Crippen molar-refractivity contribution in [1.82, 2.24) is 5.32 Å². The van der Waals surface area contributed by atoms with Crippen molar-refractivity contribution in [3.05, 3.63) is 0 Å². The summed E-state index contributed by atoms with van der Waals surface area (Å²) in [6.07, 6.45) is 39.5. The highest BCUT2D eigenvalue weighted by atomic mass is 31.2. The SMILES string of the molecule is CCCCCCCCCCCCCCCCCCC(=O)N[C@@H](COP(=O)([O-])OCC[N+](C)(C)C)[C@H](O)CCCCCCCCCCCCCCCCC. The molecule has 0 fully saturated rings. The van der Waals surface area contributed by atoms with E-state index in [9.17, 15) is 19.4 Å². The van der Waals surface area contributed by atoms with Crippen molar-refractivity contribution < 1.29 is 32.9 Å². The molecular weight excluding hydrogens is 683 g/mol. The number of hydrogen-bond acceptors (Lipinski definition) is 6. The number of unbranched alkanes of at least 4 members (excludes halogenated alkanes) is 29. The van der Waals surface area contributed by atoms with Gasteiger partial charge in [0, 0.05) is 6.42 Å². The quantitative estimate of drug-likeness (QED) is 0.0363. The van der Waals surface area contributed by atoms with E-state index in [1.807, 2.05) is 21.1 Å². The first-order valence-corrected chi connectivity index (χ1v) is 24.3. The number of phosphoric ester groups is 1. The zero-order valence-electron chi connectivity index (χ0n) is 36.0. The van der Waals surface area contributed by atoms with Crippen molar-refractivity contribution in [3.8, 4) is 0 Å². The van der Waals surface area contributed by atoms with Crippen LogP contribution in [-0.4, -0.2) is 68.5 Å². The number of likely N-dealkylation sites (N-methyl/N-ethyl adjacent to an activating group) is 1. The van der Waals surface area contributed by atoms with Crippen molar-refractivity contribution >= 4 is 13.7 Å². The summed E-state index contributed by atoms with van der Waals surface area (Å²) in [5, 5.41) is 13.9. The van der Waals surface area contributed by atoms with E-state index in [1.165, 1.54) is 161 Å². The van der Waals surface area contributed by atoms with Gasteiger partial charge in [-0.25, -0.2) is 0 Å². The maximum Gasteiger partial charge on any atom is 0.268 e. The van der Waals surface area contributed by atoms with Crippen molar-refractivity contribution in [2.45, 2.75) is 238 Å². The summed E-state index contributed by atoms with van der Waals surface area (Å²) < 4.78 is 23.3. The maximum absolute atomic E-state index is 12.9. The fourth-order valence-electron chi connectivity index (χ4n) is 6.92. The van der Waals surface area contributed by atoms with Crippen LogP contribution in [0, 0.1) is 0 Å². The summed E-state index contributed by atoms with van der Waals surface area (Å²) in [5.74, 6) is -0.161. The second-order valence-corrected chi connectivity index (χ2v) is 18.5. The molecule has 1 amide bonds. The van der Waals surface area contributed by atoms with E-state index < -0.39 is 20.0 Å². The van der Waals surface area contributed by atoms with Crippen LogP contribution in [0.2, 0.25) is 0 Å². The van der Waals surface area contributed by atoms with Crippen LogP contribution in [0.25, 0.3) is 0 Å². The third-order valence-electron chi connectivity index (χ3n) is 10.6. The first kappa shape index (κ1) is 52.5. The molecular formula is C44H91N2O6P. The Bertz CT molecular complexity index is 839. The minimum Gasteiger partial charge on any atom is -0.756 e. The van der Waals surface area contributed by atoms with Crippen LogP contribution in [0.3, 0.4) is 0 Å². The first-order chi connectivity index (χ1) is 25.5. The summed E-state index contributed by atoms with van der Waals surface area (Å²) in [5.41, 5.74) is 0. The average Bonchev–Trinajstić information content (AvgIpc) is 3.10. The molecule has 9 heteroatoms. The number of nitrogens with zero attached hydrogens (tertiary/aromatic N) is 1. The van der Waals surface area contributed by atoms with Crippen LogP contribution in [0.1, 0.15) is 226 Å². The largest absolute Gasteiger partial charge is 0.756 e. The van der Waals surface area contributed by atoms with Gasteiger partial charge in [0.15, 0.2) is 0 Å². The van der Waals surface area contributed by atoms with Crippen LogP contribution in [-0.2, 0) is 18.4 Å². The Hall–Kier alpha value is -0.500. The molecule has 0 bridgehead atoms. The standard InChI is InChI=1S/C44H91N2O6P/c1-6-8-10-12-14-16-18-20-22-24-26-28-30-32-34-36-38-44(48)45-42(41-52-53(49,50)51-40-39-46(3,4)5)43(47)37-35-33-31-29-27-25-23-21-19-17-15-13-11-9-7-2/h42-43,47H,6-41H2,1-5H3,(H-,45,48,49,50)/t42-,43+/m0/s1. The molecule has 0 aliphatic heterocycles. The zero-order valence-corrected chi connectivity index (χ0v) is 36.9. The predicted molar refractivity (Wildman–Crippen MR) is 224 cm³/mol. The summed E-state index contributed by atoms with van der Waals surface area (Å²) in [4.78, 5) is 25.3. The number of hydrogen-bond donors (Lipinski definition) is 2. The van der Waals surface area contributed by atoms with E-state index in [4.69, 9.17) is 9.05 Å². The Balaban J connectivity index is 4.32. The highest BCUT2D eigenvalue weighted by Crippen LogP contribution is 2.38. The highest BCUT2D eigenvalue weighted by Gasteiger charge is 2.24. The van der Waals surface area contributed by atoms with Gasteiger partial charge in [0.1, 0.15) is 13.2 Å². The van der Waals surface area contributed by atoms with E-state index in [1.54, 1.807) is 0 Å². The molecule has 3 atom stereocenters. The van der Waals surface area contributed by atoms with E-state index in [2.05, 4.69) is 19.2 Å². The van der Waals surface area contributed by atoms with Crippen LogP contribution < -0.4 is 10.2 Å². The fourth-order valence-corrected chi connectivity index (χ4v) is 7.65. The van der Waals surface area contributed by atoms with E-state index >= 15 is 0 Å². The molecule has 0 aliphatic rings. The molecule has 0 aromatic heterocycles. The minimum absolute atomic E-state index is 0.0161. The van der Waals surface area contributed by atoms with Crippen molar-refractivity contribution in [2.24, 2.45) is 0 Å². The molecule has 318 valence electrons. The lowest BCUT2D eigenvalue weighted by Crippen LogP contribution is -2.46. The van der Waals surface area contributed by atoms with Gasteiger partial charge in [0.05, 0.1) is 39.9 Å². The van der Waals surface area contributed by atoms with Gasteiger partial charge in [-0.05, 0) is 12.8 Å². The van der Waals surface area contributed by atoms with Crippen LogP contribution >= 0.6 is 7.82 Å². The third-order valence-corrected chi connectivity index (χ3v) is 11.6. The van der Waals surface area contributed by atoms with Gasteiger partial charge in [0.25, 0.3) is 7.82 Å². The third kappa shape index (κ3) is 39.5. The first-order valence-electron chi connectivity index (χ1n) is 22.9. The Labute approximate surface area is 329 Å². The smallest absolute Gasteiger partial charge is 0.268 e. The number of rotatable bonds is 42. The molecule has 0 saturated heterocycles. The molecule has 0 rings (SSSR count). The fraction of sp³-hybridized carbons (Fsp3) is 0.977. The lowest BCUT2D eigenvalue weighted by atomic mass is 10.0. The van der Waals surface area contributed by atoms with Crippen molar-refractivity contribution in [2.75, 3.05) is 40.9 Å². The average molecular weight is 775 g/mol. The molecule has 0 heterocycles. The number of aliphatic hydroxyl groups is 1. The van der Waals surface area contributed by atoms with Gasteiger partial charge in [-0.15, -0.1) is 0 Å². The number of carbonyl (C=O) groups excluding carboxylic acids is 1. The molecule has 0 spiro atoms. The predicted octanol–water partition coefficient (Wildman–Crippen LogP) is 12.0. The highest BCUT2D eigenvalue weighted by molar-refractivity contribution is 7.45. The van der Waals surface area contributed by atoms with Gasteiger partial charge in [0.2, 0.25) is 5.91 Å². The number of carbonyl (C=O) groups is 1. The maximum atomic E-state index is 12.9. The normalized spacial score (nSPS) is 14.3. The van der Waals surface area contributed by atoms with Crippen LogP contribution in [0.15, 0.2) is 0 Å². The Kier molecular flexibility index (Phi) is 36.7. The number of nitrogens with one attached hydrogen (secondary N) is 1. The monoisotopic (exact) mass is 775 g/mol. The van der Waals surface area contributed by atoms with Gasteiger partial charge in [-0.3, -0.25) is 9.36 Å². The molecule has 0 saturated carbocycles. The second kappa shape index (κ2) is 37.1. The molecule has 0 aromatic carbocycles. The summed E-state index contributed by atoms with van der Waals surface area (Å²) in [7, 11) is 1.32. The number of quaternary nitrogens is 1. The molecule has 8 nitrogen and oxygen atoms in total. The van der Waals surface area contributed by atoms with E-state index in [0.717, 1.165) is 38.5 Å². The zero-order chi connectivity index (χ0) is 39.3. The Morgan fingerprint density at radius 3 is 1.28 bits per heavy atom. The van der Waals surface area contributed by atoms with Gasteiger partial charge >= 0.3 is 0 Å². The number of aliphatic hydroxyl groups excluding tert-OH is 1. The lowest BCUT2D eigenvalue weighted by Gasteiger charge is -2.30. The second-order valence-electron chi connectivity index (χ2n) is 17.1. The van der Waals surface area contributed by atoms with Gasteiger partial charge in [-0.2, -0.15) is 0 Å². The van der Waals surface area contributed by atoms with Crippen LogP contribution in [0.5, 0.6) is 0 Å². The summed E-state index contributed by atoms with van der Waals surface area (Å²) in [6.45, 7) is 4.74. The summed E-state index contributed by atoms with van der Waals surface area (Å²) >= 11 is 0. The van der Waals surface area contributed by atoms with E-state index in [-0.39, 0.29) is 19.1 Å². The van der Waals surface area contributed by atoms with Gasteiger partial charge in [-0.1, -0.05) is 206 Å². The lowest BCUT2D eigenvalue weighted by molar-refractivity contribution is -0.870. The molecule has 53 heavy (non-hydrogen) atoms. The molecule has 0 radical (unpaired) electrons. The van der Waals surface area contributed by atoms with Gasteiger partial charge < -0.3 is 28.8 Å². The molecule has 1 unspecified atom stereocenters. The Morgan fingerprint density at radius 2 is 0.925 bits per heavy atom. The van der Waals surface area contributed by atoms with E-state index in [0.29, 0.717) is 23.9 Å². The minimum atomic E-state index is -4.56. The molecule has 0 aliphatic carbocycles. The van der Waals surface area contributed by atoms with Crippen LogP contribution in [0.4, 0.5) is 0 Å².